The molecule has 0 aliphatic heterocycles. The van der Waals surface area contributed by atoms with E-state index in [0.717, 1.165) is 12.0 Å². The number of carboxylic acids is 1. The van der Waals surface area contributed by atoms with Crippen LogP contribution >= 0.6 is 0 Å². The van der Waals surface area contributed by atoms with E-state index in [1.54, 1.807) is 12.1 Å². The maximum absolute atomic E-state index is 11.7. The molecule has 1 amide bonds. The van der Waals surface area contributed by atoms with E-state index >= 15 is 0 Å². The molecule has 6 nitrogen and oxygen atoms in total. The fraction of sp³-hybridized carbons (Fsp3) is 0.154. The number of nitrogens with one attached hydrogen (secondary N) is 1. The van der Waals surface area contributed by atoms with E-state index in [-0.39, 0.29) is 23.7 Å². The van der Waals surface area contributed by atoms with Crippen LogP contribution in [0.25, 0.3) is 0 Å². The van der Waals surface area contributed by atoms with E-state index in [1.807, 2.05) is 6.92 Å². The first-order valence-corrected chi connectivity index (χ1v) is 5.59. The van der Waals surface area contributed by atoms with Crippen molar-refractivity contribution in [1.29, 1.82) is 0 Å². The average molecular weight is 260 g/mol. The van der Waals surface area contributed by atoms with E-state index in [2.05, 4.69) is 10.3 Å². The van der Waals surface area contributed by atoms with Gasteiger partial charge in [0.1, 0.15) is 17.2 Å². The molecular formula is C13H12N2O4. The SMILES string of the molecule is Cc1ccc(CNC(=O)c2ccc(C(=O)O)cn2)o1. The smallest absolute Gasteiger partial charge is 0.337 e. The summed E-state index contributed by atoms with van der Waals surface area (Å²) in [6, 6.07) is 6.28. The zero-order valence-electron chi connectivity index (χ0n) is 10.2. The van der Waals surface area contributed by atoms with Crippen molar-refractivity contribution in [3.05, 3.63) is 53.2 Å². The second-order valence-corrected chi connectivity index (χ2v) is 3.93. The van der Waals surface area contributed by atoms with E-state index in [4.69, 9.17) is 9.52 Å². The zero-order chi connectivity index (χ0) is 13.8. The highest BCUT2D eigenvalue weighted by molar-refractivity contribution is 5.93. The van der Waals surface area contributed by atoms with Crippen molar-refractivity contribution in [3.63, 3.8) is 0 Å². The molecule has 2 rings (SSSR count). The minimum Gasteiger partial charge on any atom is -0.478 e. The van der Waals surface area contributed by atoms with Crippen LogP contribution in [-0.2, 0) is 6.54 Å². The van der Waals surface area contributed by atoms with Crippen LogP contribution in [0.2, 0.25) is 0 Å². The molecule has 2 N–H and O–H groups in total. The zero-order valence-corrected chi connectivity index (χ0v) is 10.2. The molecule has 2 aromatic rings. The fourth-order valence-electron chi connectivity index (χ4n) is 1.49. The summed E-state index contributed by atoms with van der Waals surface area (Å²) in [5.74, 6) is -0.0438. The van der Waals surface area contributed by atoms with E-state index in [1.165, 1.54) is 12.1 Å². The molecule has 98 valence electrons. The monoisotopic (exact) mass is 260 g/mol. The number of carboxylic acid groups (broad SMARTS) is 1. The van der Waals surface area contributed by atoms with E-state index in [0.29, 0.717) is 5.76 Å². The number of aryl methyl sites for hydroxylation is 1. The third kappa shape index (κ3) is 3.19. The molecule has 0 saturated heterocycles. The van der Waals surface area contributed by atoms with Crippen LogP contribution in [0.1, 0.15) is 32.4 Å². The van der Waals surface area contributed by atoms with Gasteiger partial charge >= 0.3 is 5.97 Å². The van der Waals surface area contributed by atoms with Gasteiger partial charge in [-0.05, 0) is 31.2 Å². The minimum absolute atomic E-state index is 0.0400. The molecule has 0 aromatic carbocycles. The van der Waals surface area contributed by atoms with Gasteiger partial charge in [0.2, 0.25) is 0 Å². The Kier molecular flexibility index (Phi) is 3.61. The van der Waals surface area contributed by atoms with E-state index in [9.17, 15) is 9.59 Å². The number of aromatic nitrogens is 1. The van der Waals surface area contributed by atoms with Crippen LogP contribution < -0.4 is 5.32 Å². The van der Waals surface area contributed by atoms with Gasteiger partial charge in [-0.3, -0.25) is 9.78 Å². The van der Waals surface area contributed by atoms with Crippen LogP contribution in [0.4, 0.5) is 0 Å². The van der Waals surface area contributed by atoms with Gasteiger partial charge in [0.05, 0.1) is 12.1 Å². The summed E-state index contributed by atoms with van der Waals surface area (Å²) in [5, 5.41) is 11.4. The lowest BCUT2D eigenvalue weighted by atomic mass is 10.2. The molecule has 0 spiro atoms. The Hall–Kier alpha value is -2.63. The van der Waals surface area contributed by atoms with Crippen molar-refractivity contribution in [2.75, 3.05) is 0 Å². The highest BCUT2D eigenvalue weighted by Gasteiger charge is 2.09. The van der Waals surface area contributed by atoms with Gasteiger partial charge in [-0.1, -0.05) is 0 Å². The quantitative estimate of drug-likeness (QED) is 0.871. The van der Waals surface area contributed by atoms with Crippen molar-refractivity contribution in [1.82, 2.24) is 10.3 Å². The molecule has 0 unspecified atom stereocenters. The summed E-state index contributed by atoms with van der Waals surface area (Å²) < 4.78 is 5.31. The maximum Gasteiger partial charge on any atom is 0.337 e. The highest BCUT2D eigenvalue weighted by Crippen LogP contribution is 2.06. The summed E-state index contributed by atoms with van der Waals surface area (Å²) in [4.78, 5) is 26.2. The molecule has 2 heterocycles. The average Bonchev–Trinajstić information content (AvgIpc) is 2.82. The highest BCUT2D eigenvalue weighted by atomic mass is 16.4. The van der Waals surface area contributed by atoms with Crippen molar-refractivity contribution >= 4 is 11.9 Å². The first-order valence-electron chi connectivity index (χ1n) is 5.59. The summed E-state index contributed by atoms with van der Waals surface area (Å²) in [5.41, 5.74) is 0.200. The molecule has 0 fully saturated rings. The Morgan fingerprint density at radius 3 is 2.63 bits per heavy atom. The second kappa shape index (κ2) is 5.34. The second-order valence-electron chi connectivity index (χ2n) is 3.93. The summed E-state index contributed by atoms with van der Waals surface area (Å²) in [6.07, 6.45) is 1.15. The lowest BCUT2D eigenvalue weighted by molar-refractivity contribution is 0.0695. The molecule has 2 aromatic heterocycles. The molecule has 19 heavy (non-hydrogen) atoms. The standard InChI is InChI=1S/C13H12N2O4/c1-8-2-4-10(19-8)7-15-12(16)11-5-3-9(6-14-11)13(17)18/h2-6H,7H2,1H3,(H,15,16)(H,17,18). The van der Waals surface area contributed by atoms with Crippen molar-refractivity contribution in [2.45, 2.75) is 13.5 Å². The third-order valence-electron chi connectivity index (χ3n) is 2.46. The Morgan fingerprint density at radius 2 is 2.11 bits per heavy atom. The molecule has 0 atom stereocenters. The Labute approximate surface area is 109 Å². The topological polar surface area (TPSA) is 92.4 Å². The number of carbonyl (C=O) groups is 2. The Bertz CT molecular complexity index is 601. The number of nitrogens with zero attached hydrogens (tertiary/aromatic N) is 1. The number of furan rings is 1. The Balaban J connectivity index is 1.98. The normalized spacial score (nSPS) is 10.2. The van der Waals surface area contributed by atoms with Gasteiger partial charge in [0.15, 0.2) is 0 Å². The van der Waals surface area contributed by atoms with Gasteiger partial charge in [-0.15, -0.1) is 0 Å². The summed E-state index contributed by atoms with van der Waals surface area (Å²) >= 11 is 0. The molecule has 0 bridgehead atoms. The largest absolute Gasteiger partial charge is 0.478 e. The number of carbonyl (C=O) groups excluding carboxylic acids is 1. The molecule has 0 aliphatic carbocycles. The third-order valence-corrected chi connectivity index (χ3v) is 2.46. The minimum atomic E-state index is -1.08. The lowest BCUT2D eigenvalue weighted by Gasteiger charge is -2.02. The van der Waals surface area contributed by atoms with Gasteiger partial charge in [-0.25, -0.2) is 4.79 Å². The molecule has 0 radical (unpaired) electrons. The predicted molar refractivity (Wildman–Crippen MR) is 65.8 cm³/mol. The molecule has 6 heteroatoms. The van der Waals surface area contributed by atoms with Crippen molar-refractivity contribution < 1.29 is 19.1 Å². The lowest BCUT2D eigenvalue weighted by Crippen LogP contribution is -2.23. The summed E-state index contributed by atoms with van der Waals surface area (Å²) in [7, 11) is 0. The molecule has 0 saturated carbocycles. The number of rotatable bonds is 4. The van der Waals surface area contributed by atoms with Gasteiger partial charge in [0.25, 0.3) is 5.91 Å². The van der Waals surface area contributed by atoms with Crippen LogP contribution in [0.15, 0.2) is 34.9 Å². The summed E-state index contributed by atoms with van der Waals surface area (Å²) in [6.45, 7) is 2.08. The van der Waals surface area contributed by atoms with Crippen LogP contribution in [-0.4, -0.2) is 22.0 Å². The van der Waals surface area contributed by atoms with Gasteiger partial charge in [-0.2, -0.15) is 0 Å². The maximum atomic E-state index is 11.7. The van der Waals surface area contributed by atoms with Crippen molar-refractivity contribution in [3.8, 4) is 0 Å². The van der Waals surface area contributed by atoms with Gasteiger partial charge in [0, 0.05) is 6.20 Å². The van der Waals surface area contributed by atoms with Crippen LogP contribution in [0.3, 0.4) is 0 Å². The van der Waals surface area contributed by atoms with Crippen molar-refractivity contribution in [2.24, 2.45) is 0 Å². The van der Waals surface area contributed by atoms with Crippen LogP contribution in [0.5, 0.6) is 0 Å². The number of pyridine rings is 1. The predicted octanol–water partition coefficient (Wildman–Crippen LogP) is 1.61. The number of aromatic carboxylic acids is 1. The number of hydrogen-bond acceptors (Lipinski definition) is 4. The first-order chi connectivity index (χ1) is 9.06. The number of amides is 1. The number of hydrogen-bond donors (Lipinski definition) is 2. The van der Waals surface area contributed by atoms with Crippen LogP contribution in [0, 0.1) is 6.92 Å². The Morgan fingerprint density at radius 1 is 1.32 bits per heavy atom. The first kappa shape index (κ1) is 12.8. The fourth-order valence-corrected chi connectivity index (χ4v) is 1.49. The molecule has 0 aliphatic rings. The molecular weight excluding hydrogens is 248 g/mol. The van der Waals surface area contributed by atoms with E-state index < -0.39 is 5.97 Å². The van der Waals surface area contributed by atoms with Gasteiger partial charge < -0.3 is 14.8 Å².